The first-order valence-electron chi connectivity index (χ1n) is 7.75. The topological polar surface area (TPSA) is 44.8 Å². The standard InChI is InChI=1S/C17H25FO4/c1-4-16(22-12-20-5-2)15-11-14(18)9-7-13(15)8-10-17(19)21-6-3/h7,9,11,16H,4-6,8,10,12H2,1-3H3/t16-/m1/s1. The van der Waals surface area contributed by atoms with Crippen LogP contribution in [0, 0.1) is 5.82 Å². The second-order valence-electron chi connectivity index (χ2n) is 4.82. The molecule has 0 spiro atoms. The zero-order valence-corrected chi connectivity index (χ0v) is 13.6. The van der Waals surface area contributed by atoms with Gasteiger partial charge in [-0.05, 0) is 49.9 Å². The number of halogens is 1. The van der Waals surface area contributed by atoms with Crippen molar-refractivity contribution in [3.05, 3.63) is 35.1 Å². The van der Waals surface area contributed by atoms with Crippen LogP contribution in [0.25, 0.3) is 0 Å². The molecule has 0 aliphatic rings. The number of esters is 1. The Morgan fingerprint density at radius 1 is 1.23 bits per heavy atom. The van der Waals surface area contributed by atoms with Gasteiger partial charge in [-0.15, -0.1) is 0 Å². The Hall–Kier alpha value is -1.46. The minimum Gasteiger partial charge on any atom is -0.466 e. The van der Waals surface area contributed by atoms with Crippen molar-refractivity contribution in [2.45, 2.75) is 46.1 Å². The molecule has 1 aromatic carbocycles. The fourth-order valence-electron chi connectivity index (χ4n) is 2.20. The molecular weight excluding hydrogens is 287 g/mol. The number of hydrogen-bond acceptors (Lipinski definition) is 4. The van der Waals surface area contributed by atoms with Crippen LogP contribution in [0.3, 0.4) is 0 Å². The maximum absolute atomic E-state index is 13.6. The lowest BCUT2D eigenvalue weighted by Crippen LogP contribution is -2.11. The third kappa shape index (κ3) is 6.12. The lowest BCUT2D eigenvalue weighted by Gasteiger charge is -2.20. The van der Waals surface area contributed by atoms with Crippen LogP contribution in [0.5, 0.6) is 0 Å². The first kappa shape index (κ1) is 18.6. The van der Waals surface area contributed by atoms with Crippen molar-refractivity contribution in [2.24, 2.45) is 0 Å². The normalized spacial score (nSPS) is 12.2. The second-order valence-corrected chi connectivity index (χ2v) is 4.82. The highest BCUT2D eigenvalue weighted by Crippen LogP contribution is 2.26. The molecule has 0 bridgehead atoms. The van der Waals surface area contributed by atoms with E-state index in [4.69, 9.17) is 14.2 Å². The molecule has 1 atom stereocenters. The molecule has 0 heterocycles. The van der Waals surface area contributed by atoms with Gasteiger partial charge in [0.25, 0.3) is 0 Å². The van der Waals surface area contributed by atoms with E-state index in [1.54, 1.807) is 13.0 Å². The number of benzene rings is 1. The summed E-state index contributed by atoms with van der Waals surface area (Å²) in [6.45, 7) is 6.73. The number of ether oxygens (including phenoxy) is 3. The van der Waals surface area contributed by atoms with Crippen LogP contribution in [0.15, 0.2) is 18.2 Å². The smallest absolute Gasteiger partial charge is 0.306 e. The summed E-state index contributed by atoms with van der Waals surface area (Å²) in [6, 6.07) is 4.58. The van der Waals surface area contributed by atoms with Crippen LogP contribution in [0.4, 0.5) is 4.39 Å². The van der Waals surface area contributed by atoms with Gasteiger partial charge in [0.15, 0.2) is 0 Å². The number of rotatable bonds is 10. The van der Waals surface area contributed by atoms with E-state index >= 15 is 0 Å². The van der Waals surface area contributed by atoms with Crippen molar-refractivity contribution in [1.82, 2.24) is 0 Å². The van der Waals surface area contributed by atoms with Crippen LogP contribution in [0.2, 0.25) is 0 Å². The van der Waals surface area contributed by atoms with Gasteiger partial charge in [0.1, 0.15) is 12.6 Å². The van der Waals surface area contributed by atoms with Crippen molar-refractivity contribution >= 4 is 5.97 Å². The Labute approximate surface area is 131 Å². The molecule has 0 amide bonds. The Morgan fingerprint density at radius 2 is 2.00 bits per heavy atom. The Kier molecular flexibility index (Phi) is 8.70. The van der Waals surface area contributed by atoms with Crippen LogP contribution < -0.4 is 0 Å². The van der Waals surface area contributed by atoms with Crippen LogP contribution in [-0.4, -0.2) is 26.0 Å². The van der Waals surface area contributed by atoms with E-state index in [0.717, 1.165) is 11.1 Å². The van der Waals surface area contributed by atoms with E-state index in [1.165, 1.54) is 12.1 Å². The highest BCUT2D eigenvalue weighted by molar-refractivity contribution is 5.69. The lowest BCUT2D eigenvalue weighted by molar-refractivity contribution is -0.143. The van der Waals surface area contributed by atoms with E-state index in [-0.39, 0.29) is 31.1 Å². The molecule has 0 unspecified atom stereocenters. The summed E-state index contributed by atoms with van der Waals surface area (Å²) >= 11 is 0. The largest absolute Gasteiger partial charge is 0.466 e. The molecule has 0 N–H and O–H groups in total. The summed E-state index contributed by atoms with van der Waals surface area (Å²) in [5, 5.41) is 0. The molecule has 0 aliphatic heterocycles. The van der Waals surface area contributed by atoms with Gasteiger partial charge in [-0.25, -0.2) is 4.39 Å². The van der Waals surface area contributed by atoms with E-state index in [9.17, 15) is 9.18 Å². The average Bonchev–Trinajstić information content (AvgIpc) is 2.51. The zero-order chi connectivity index (χ0) is 16.4. The molecule has 0 fully saturated rings. The van der Waals surface area contributed by atoms with Gasteiger partial charge in [-0.1, -0.05) is 13.0 Å². The van der Waals surface area contributed by atoms with Crippen LogP contribution in [0.1, 0.15) is 50.8 Å². The molecular formula is C17H25FO4. The third-order valence-electron chi connectivity index (χ3n) is 3.29. The van der Waals surface area contributed by atoms with E-state index in [1.807, 2.05) is 13.8 Å². The minimum absolute atomic E-state index is 0.169. The van der Waals surface area contributed by atoms with Gasteiger partial charge in [-0.2, -0.15) is 0 Å². The average molecular weight is 312 g/mol. The molecule has 1 aromatic rings. The maximum atomic E-state index is 13.6. The highest BCUT2D eigenvalue weighted by atomic mass is 19.1. The fourth-order valence-corrected chi connectivity index (χ4v) is 2.20. The minimum atomic E-state index is -0.312. The SMILES string of the molecule is CCOCO[C@H](CC)c1cc(F)ccc1CCC(=O)OCC. The van der Waals surface area contributed by atoms with Gasteiger partial charge >= 0.3 is 5.97 Å². The van der Waals surface area contributed by atoms with Gasteiger partial charge in [0.2, 0.25) is 0 Å². The molecule has 0 aliphatic carbocycles. The number of carbonyl (C=O) groups excluding carboxylic acids is 1. The van der Waals surface area contributed by atoms with E-state index in [0.29, 0.717) is 26.1 Å². The molecule has 1 rings (SSSR count). The number of carbonyl (C=O) groups is 1. The molecule has 124 valence electrons. The molecule has 0 saturated heterocycles. The summed E-state index contributed by atoms with van der Waals surface area (Å²) in [6.07, 6.45) is 1.22. The van der Waals surface area contributed by atoms with E-state index in [2.05, 4.69) is 0 Å². The van der Waals surface area contributed by atoms with Crippen molar-refractivity contribution in [3.8, 4) is 0 Å². The Bertz CT molecular complexity index is 462. The molecule has 0 saturated carbocycles. The van der Waals surface area contributed by atoms with Crippen molar-refractivity contribution in [3.63, 3.8) is 0 Å². The molecule has 5 heteroatoms. The summed E-state index contributed by atoms with van der Waals surface area (Å²) < 4.78 is 29.4. The maximum Gasteiger partial charge on any atom is 0.306 e. The van der Waals surface area contributed by atoms with Gasteiger partial charge in [0.05, 0.1) is 12.7 Å². The number of aryl methyl sites for hydroxylation is 1. The summed E-state index contributed by atoms with van der Waals surface area (Å²) in [4.78, 5) is 11.5. The first-order chi connectivity index (χ1) is 10.6. The predicted molar refractivity (Wildman–Crippen MR) is 82.0 cm³/mol. The molecule has 4 nitrogen and oxygen atoms in total. The van der Waals surface area contributed by atoms with Gasteiger partial charge < -0.3 is 14.2 Å². The first-order valence-corrected chi connectivity index (χ1v) is 7.75. The summed E-state index contributed by atoms with van der Waals surface area (Å²) in [5.74, 6) is -0.561. The quantitative estimate of drug-likeness (QED) is 0.375. The van der Waals surface area contributed by atoms with Crippen molar-refractivity contribution in [2.75, 3.05) is 20.0 Å². The van der Waals surface area contributed by atoms with Gasteiger partial charge in [0, 0.05) is 13.0 Å². The Balaban J connectivity index is 2.81. The summed E-state index contributed by atoms with van der Waals surface area (Å²) in [5.41, 5.74) is 1.67. The molecule has 0 radical (unpaired) electrons. The molecule has 22 heavy (non-hydrogen) atoms. The summed E-state index contributed by atoms with van der Waals surface area (Å²) in [7, 11) is 0. The molecule has 0 aromatic heterocycles. The second kappa shape index (κ2) is 10.3. The zero-order valence-electron chi connectivity index (χ0n) is 13.6. The van der Waals surface area contributed by atoms with E-state index < -0.39 is 0 Å². The third-order valence-corrected chi connectivity index (χ3v) is 3.29. The Morgan fingerprint density at radius 3 is 2.64 bits per heavy atom. The van der Waals surface area contributed by atoms with Crippen LogP contribution in [-0.2, 0) is 25.4 Å². The van der Waals surface area contributed by atoms with Gasteiger partial charge in [-0.3, -0.25) is 4.79 Å². The fraction of sp³-hybridized carbons (Fsp3) is 0.588. The predicted octanol–water partition coefficient (Wildman–Crippen LogP) is 3.78. The lowest BCUT2D eigenvalue weighted by atomic mass is 9.97. The van der Waals surface area contributed by atoms with Crippen molar-refractivity contribution in [1.29, 1.82) is 0 Å². The van der Waals surface area contributed by atoms with Crippen molar-refractivity contribution < 1.29 is 23.4 Å². The number of hydrogen-bond donors (Lipinski definition) is 0. The van der Waals surface area contributed by atoms with Crippen LogP contribution >= 0.6 is 0 Å². The monoisotopic (exact) mass is 312 g/mol. The highest BCUT2D eigenvalue weighted by Gasteiger charge is 2.16.